The van der Waals surface area contributed by atoms with E-state index in [-0.39, 0.29) is 16.5 Å². The predicted octanol–water partition coefficient (Wildman–Crippen LogP) is 4.17. The Balaban J connectivity index is 2.34. The number of hydrogen-bond donors (Lipinski definition) is 0. The molecule has 0 saturated heterocycles. The highest BCUT2D eigenvalue weighted by Gasteiger charge is 2.16. The lowest BCUT2D eigenvalue weighted by atomic mass is 10.1. The number of nitrogens with zero attached hydrogens (tertiary/aromatic N) is 1. The van der Waals surface area contributed by atoms with Gasteiger partial charge < -0.3 is 14.2 Å². The standard InChI is InChI=1S/C18H16ClNO6/c1-24-16-9-12(10-17(25-2)18(16)26-3)15(21)7-5-11-4-6-13(19)14(8-11)20(22)23/h4-10H,1-3H3/b7-5+. The van der Waals surface area contributed by atoms with Crippen LogP contribution in [0.5, 0.6) is 17.2 Å². The number of benzene rings is 2. The van der Waals surface area contributed by atoms with Crippen LogP contribution in [0.4, 0.5) is 5.69 Å². The van der Waals surface area contributed by atoms with Gasteiger partial charge in [0.05, 0.1) is 26.3 Å². The van der Waals surface area contributed by atoms with Gasteiger partial charge in [0.25, 0.3) is 5.69 Å². The van der Waals surface area contributed by atoms with E-state index in [1.54, 1.807) is 6.07 Å². The van der Waals surface area contributed by atoms with Crippen molar-refractivity contribution in [1.29, 1.82) is 0 Å². The van der Waals surface area contributed by atoms with Crippen LogP contribution >= 0.6 is 11.6 Å². The van der Waals surface area contributed by atoms with Crippen molar-refractivity contribution < 1.29 is 23.9 Å². The Bertz CT molecular complexity index is 853. The number of methoxy groups -OCH3 is 3. The summed E-state index contributed by atoms with van der Waals surface area (Å²) in [6.07, 6.45) is 2.77. The van der Waals surface area contributed by atoms with Gasteiger partial charge in [0.2, 0.25) is 5.75 Å². The normalized spacial score (nSPS) is 10.6. The van der Waals surface area contributed by atoms with Crippen LogP contribution in [0, 0.1) is 10.1 Å². The molecule has 0 atom stereocenters. The SMILES string of the molecule is COc1cc(C(=O)/C=C/c2ccc(Cl)c([N+](=O)[O-])c2)cc(OC)c1OC. The molecular formula is C18H16ClNO6. The number of carbonyl (C=O) groups is 1. The summed E-state index contributed by atoms with van der Waals surface area (Å²) in [4.78, 5) is 22.8. The van der Waals surface area contributed by atoms with Crippen molar-refractivity contribution in [3.63, 3.8) is 0 Å². The van der Waals surface area contributed by atoms with Crippen LogP contribution in [0.25, 0.3) is 6.08 Å². The minimum absolute atomic E-state index is 0.0307. The van der Waals surface area contributed by atoms with E-state index in [0.29, 0.717) is 28.4 Å². The summed E-state index contributed by atoms with van der Waals surface area (Å²) < 4.78 is 15.6. The van der Waals surface area contributed by atoms with Gasteiger partial charge >= 0.3 is 0 Å². The predicted molar refractivity (Wildman–Crippen MR) is 97.6 cm³/mol. The molecule has 0 fully saturated rings. The molecule has 136 valence electrons. The number of ether oxygens (including phenoxy) is 3. The van der Waals surface area contributed by atoms with Crippen molar-refractivity contribution in [2.24, 2.45) is 0 Å². The number of allylic oxidation sites excluding steroid dienone is 1. The van der Waals surface area contributed by atoms with Gasteiger partial charge in [0, 0.05) is 11.6 Å². The summed E-state index contributed by atoms with van der Waals surface area (Å²) in [6, 6.07) is 7.33. The highest BCUT2D eigenvalue weighted by Crippen LogP contribution is 2.38. The highest BCUT2D eigenvalue weighted by molar-refractivity contribution is 6.32. The van der Waals surface area contributed by atoms with Gasteiger partial charge in [0.15, 0.2) is 17.3 Å². The molecule has 26 heavy (non-hydrogen) atoms. The number of nitro groups is 1. The highest BCUT2D eigenvalue weighted by atomic mass is 35.5. The molecule has 2 rings (SSSR count). The van der Waals surface area contributed by atoms with Gasteiger partial charge in [-0.2, -0.15) is 0 Å². The number of halogens is 1. The largest absolute Gasteiger partial charge is 0.493 e. The number of carbonyl (C=O) groups excluding carboxylic acids is 1. The Morgan fingerprint density at radius 2 is 1.69 bits per heavy atom. The second-order valence-electron chi connectivity index (χ2n) is 5.08. The van der Waals surface area contributed by atoms with Crippen molar-refractivity contribution in [3.05, 3.63) is 62.7 Å². The molecule has 2 aromatic rings. The molecule has 0 amide bonds. The second kappa shape index (κ2) is 8.35. The number of hydrogen-bond acceptors (Lipinski definition) is 6. The van der Waals surface area contributed by atoms with E-state index in [2.05, 4.69) is 0 Å². The van der Waals surface area contributed by atoms with Crippen LogP contribution in [-0.2, 0) is 0 Å². The zero-order valence-corrected chi connectivity index (χ0v) is 15.1. The Morgan fingerprint density at radius 1 is 1.08 bits per heavy atom. The van der Waals surface area contributed by atoms with Gasteiger partial charge in [-0.1, -0.05) is 23.7 Å². The van der Waals surface area contributed by atoms with Crippen LogP contribution in [0.15, 0.2) is 36.4 Å². The fourth-order valence-electron chi connectivity index (χ4n) is 2.26. The molecule has 0 bridgehead atoms. The molecule has 8 heteroatoms. The summed E-state index contributed by atoms with van der Waals surface area (Å²) in [5.41, 5.74) is 0.565. The number of rotatable bonds is 7. The summed E-state index contributed by atoms with van der Waals surface area (Å²) in [6.45, 7) is 0. The Hall–Kier alpha value is -3.06. The van der Waals surface area contributed by atoms with Crippen LogP contribution in [-0.4, -0.2) is 32.0 Å². The minimum Gasteiger partial charge on any atom is -0.493 e. The minimum atomic E-state index is -0.583. The van der Waals surface area contributed by atoms with Gasteiger partial charge in [0.1, 0.15) is 5.02 Å². The first kappa shape index (κ1) is 19.3. The molecule has 0 unspecified atom stereocenters. The smallest absolute Gasteiger partial charge is 0.288 e. The molecule has 0 radical (unpaired) electrons. The average molecular weight is 378 g/mol. The molecule has 7 nitrogen and oxygen atoms in total. The third-order valence-electron chi connectivity index (χ3n) is 3.54. The molecule has 0 aliphatic rings. The first-order valence-electron chi connectivity index (χ1n) is 7.37. The third-order valence-corrected chi connectivity index (χ3v) is 3.86. The molecule has 0 saturated carbocycles. The topological polar surface area (TPSA) is 87.9 Å². The van der Waals surface area contributed by atoms with Crippen LogP contribution in [0.2, 0.25) is 5.02 Å². The van der Waals surface area contributed by atoms with E-state index >= 15 is 0 Å². The van der Waals surface area contributed by atoms with Crippen molar-refractivity contribution in [2.45, 2.75) is 0 Å². The number of ketones is 1. The van der Waals surface area contributed by atoms with Crippen molar-refractivity contribution in [2.75, 3.05) is 21.3 Å². The summed E-state index contributed by atoms with van der Waals surface area (Å²) in [5, 5.41) is 11.0. The Labute approximate surface area is 154 Å². The van der Waals surface area contributed by atoms with Crippen molar-refractivity contribution in [1.82, 2.24) is 0 Å². The molecule has 0 aromatic heterocycles. The van der Waals surface area contributed by atoms with E-state index < -0.39 is 4.92 Å². The first-order valence-corrected chi connectivity index (χ1v) is 7.75. The van der Waals surface area contributed by atoms with Gasteiger partial charge in [-0.3, -0.25) is 14.9 Å². The van der Waals surface area contributed by atoms with E-state index in [4.69, 9.17) is 25.8 Å². The molecule has 0 aliphatic heterocycles. The summed E-state index contributed by atoms with van der Waals surface area (Å²) in [5.74, 6) is 0.752. The maximum absolute atomic E-state index is 12.4. The molecule has 2 aromatic carbocycles. The third kappa shape index (κ3) is 4.12. The summed E-state index contributed by atoms with van der Waals surface area (Å²) in [7, 11) is 4.37. The van der Waals surface area contributed by atoms with E-state index in [1.807, 2.05) is 0 Å². The second-order valence-corrected chi connectivity index (χ2v) is 5.49. The van der Waals surface area contributed by atoms with E-state index in [1.165, 1.54) is 57.7 Å². The summed E-state index contributed by atoms with van der Waals surface area (Å²) >= 11 is 5.77. The van der Waals surface area contributed by atoms with Crippen molar-refractivity contribution >= 4 is 29.1 Å². The van der Waals surface area contributed by atoms with Gasteiger partial charge in [-0.25, -0.2) is 0 Å². The van der Waals surface area contributed by atoms with Crippen LogP contribution < -0.4 is 14.2 Å². The quantitative estimate of drug-likeness (QED) is 0.311. The fourth-order valence-corrected chi connectivity index (χ4v) is 2.45. The lowest BCUT2D eigenvalue weighted by Crippen LogP contribution is -2.00. The van der Waals surface area contributed by atoms with Crippen molar-refractivity contribution in [3.8, 4) is 17.2 Å². The Kier molecular flexibility index (Phi) is 6.19. The lowest BCUT2D eigenvalue weighted by Gasteiger charge is -2.13. The monoisotopic (exact) mass is 377 g/mol. The van der Waals surface area contributed by atoms with Crippen LogP contribution in [0.1, 0.15) is 15.9 Å². The number of nitro benzene ring substituents is 1. The van der Waals surface area contributed by atoms with E-state index in [9.17, 15) is 14.9 Å². The molecule has 0 aliphatic carbocycles. The maximum Gasteiger partial charge on any atom is 0.288 e. The molecular weight excluding hydrogens is 362 g/mol. The van der Waals surface area contributed by atoms with Crippen LogP contribution in [0.3, 0.4) is 0 Å². The fraction of sp³-hybridized carbons (Fsp3) is 0.167. The molecule has 0 spiro atoms. The average Bonchev–Trinajstić information content (AvgIpc) is 2.65. The molecule has 0 N–H and O–H groups in total. The zero-order valence-electron chi connectivity index (χ0n) is 14.3. The Morgan fingerprint density at radius 3 is 2.19 bits per heavy atom. The lowest BCUT2D eigenvalue weighted by molar-refractivity contribution is -0.384. The first-order chi connectivity index (χ1) is 12.4. The van der Waals surface area contributed by atoms with Gasteiger partial charge in [-0.15, -0.1) is 0 Å². The zero-order chi connectivity index (χ0) is 19.3. The molecule has 0 heterocycles. The van der Waals surface area contributed by atoms with Gasteiger partial charge in [-0.05, 0) is 29.8 Å². The maximum atomic E-state index is 12.4. The van der Waals surface area contributed by atoms with E-state index in [0.717, 1.165) is 0 Å².